The van der Waals surface area contributed by atoms with Crippen molar-refractivity contribution in [2.24, 2.45) is 0 Å². The average Bonchev–Trinajstić information content (AvgIpc) is 2.74. The zero-order valence-corrected chi connectivity index (χ0v) is 19.8. The first-order chi connectivity index (χ1) is 14.7. The standard InChI is InChI=1S/C27H25BrN2O/c1-18-17-21(14-15-23(18)28)30-25(29-24-8-6-5-7-22(24)26(30)31)16-11-19-9-12-20(13-10-19)27(2,3)4/h5-17H,1-4H3/b16-11+. The van der Waals surface area contributed by atoms with Crippen molar-refractivity contribution in [2.75, 3.05) is 0 Å². The first-order valence-corrected chi connectivity index (χ1v) is 11.1. The van der Waals surface area contributed by atoms with Gasteiger partial charge in [0, 0.05) is 4.47 Å². The SMILES string of the molecule is Cc1cc(-n2c(/C=C/c3ccc(C(C)(C)C)cc3)nc3ccccc3c2=O)ccc1Br. The van der Waals surface area contributed by atoms with Gasteiger partial charge >= 0.3 is 0 Å². The lowest BCUT2D eigenvalue weighted by Gasteiger charge is -2.18. The Morgan fingerprint density at radius 1 is 0.935 bits per heavy atom. The number of benzene rings is 3. The molecule has 0 saturated heterocycles. The summed E-state index contributed by atoms with van der Waals surface area (Å²) in [6, 6.07) is 21.9. The fourth-order valence-electron chi connectivity index (χ4n) is 3.54. The number of aryl methyl sites for hydroxylation is 1. The third-order valence-corrected chi connectivity index (χ3v) is 6.29. The van der Waals surface area contributed by atoms with E-state index in [1.807, 2.05) is 61.5 Å². The summed E-state index contributed by atoms with van der Waals surface area (Å²) < 4.78 is 2.69. The first kappa shape index (κ1) is 21.3. The molecule has 0 aliphatic carbocycles. The van der Waals surface area contributed by atoms with E-state index in [4.69, 9.17) is 4.98 Å². The fourth-order valence-corrected chi connectivity index (χ4v) is 3.79. The molecule has 3 nitrogen and oxygen atoms in total. The highest BCUT2D eigenvalue weighted by molar-refractivity contribution is 9.10. The molecule has 4 aromatic rings. The summed E-state index contributed by atoms with van der Waals surface area (Å²) in [5.74, 6) is 0.602. The first-order valence-electron chi connectivity index (χ1n) is 10.3. The molecule has 31 heavy (non-hydrogen) atoms. The highest BCUT2D eigenvalue weighted by Gasteiger charge is 2.13. The van der Waals surface area contributed by atoms with E-state index in [-0.39, 0.29) is 11.0 Å². The van der Waals surface area contributed by atoms with Crippen molar-refractivity contribution < 1.29 is 0 Å². The van der Waals surface area contributed by atoms with Crippen molar-refractivity contribution in [1.82, 2.24) is 9.55 Å². The second-order valence-electron chi connectivity index (χ2n) is 8.77. The lowest BCUT2D eigenvalue weighted by atomic mass is 9.87. The maximum absolute atomic E-state index is 13.4. The molecule has 0 amide bonds. The number of nitrogens with zero attached hydrogens (tertiary/aromatic N) is 2. The number of hydrogen-bond acceptors (Lipinski definition) is 2. The number of fused-ring (bicyclic) bond motifs is 1. The summed E-state index contributed by atoms with van der Waals surface area (Å²) in [6.45, 7) is 8.63. The van der Waals surface area contributed by atoms with Crippen molar-refractivity contribution >= 4 is 39.0 Å². The molecule has 4 rings (SSSR count). The molecule has 0 N–H and O–H groups in total. The minimum Gasteiger partial charge on any atom is -0.268 e. The molecule has 1 heterocycles. The predicted molar refractivity (Wildman–Crippen MR) is 134 cm³/mol. The van der Waals surface area contributed by atoms with Gasteiger partial charge in [-0.1, -0.05) is 79.2 Å². The molecule has 1 aromatic heterocycles. The van der Waals surface area contributed by atoms with E-state index in [0.717, 1.165) is 21.3 Å². The second kappa shape index (κ2) is 8.27. The van der Waals surface area contributed by atoms with E-state index in [9.17, 15) is 4.79 Å². The van der Waals surface area contributed by atoms with Crippen molar-refractivity contribution in [1.29, 1.82) is 0 Å². The Bertz CT molecular complexity index is 1340. The lowest BCUT2D eigenvalue weighted by molar-refractivity contribution is 0.590. The maximum Gasteiger partial charge on any atom is 0.266 e. The van der Waals surface area contributed by atoms with Gasteiger partial charge in [-0.05, 0) is 65.4 Å². The van der Waals surface area contributed by atoms with Crippen LogP contribution < -0.4 is 5.56 Å². The van der Waals surface area contributed by atoms with Gasteiger partial charge in [0.2, 0.25) is 0 Å². The topological polar surface area (TPSA) is 34.9 Å². The number of aromatic nitrogens is 2. The zero-order chi connectivity index (χ0) is 22.2. The Morgan fingerprint density at radius 2 is 1.65 bits per heavy atom. The largest absolute Gasteiger partial charge is 0.268 e. The number of para-hydroxylation sites is 1. The van der Waals surface area contributed by atoms with Crippen LogP contribution in [0.2, 0.25) is 0 Å². The van der Waals surface area contributed by atoms with Crippen LogP contribution in [0, 0.1) is 6.92 Å². The summed E-state index contributed by atoms with van der Waals surface area (Å²) in [7, 11) is 0. The zero-order valence-electron chi connectivity index (χ0n) is 18.2. The highest BCUT2D eigenvalue weighted by Crippen LogP contribution is 2.24. The molecular weight excluding hydrogens is 448 g/mol. The molecule has 0 fully saturated rings. The molecule has 4 heteroatoms. The van der Waals surface area contributed by atoms with Crippen LogP contribution in [-0.2, 0) is 5.41 Å². The van der Waals surface area contributed by atoms with Gasteiger partial charge in [-0.25, -0.2) is 4.98 Å². The second-order valence-corrected chi connectivity index (χ2v) is 9.62. The number of hydrogen-bond donors (Lipinski definition) is 0. The van der Waals surface area contributed by atoms with Gasteiger partial charge in [-0.15, -0.1) is 0 Å². The Morgan fingerprint density at radius 3 is 2.32 bits per heavy atom. The van der Waals surface area contributed by atoms with Crippen molar-refractivity contribution in [3.8, 4) is 5.69 Å². The minimum atomic E-state index is -0.0740. The van der Waals surface area contributed by atoms with Gasteiger partial charge in [0.05, 0.1) is 16.6 Å². The van der Waals surface area contributed by atoms with Crippen LogP contribution in [-0.4, -0.2) is 9.55 Å². The Kier molecular flexibility index (Phi) is 5.67. The van der Waals surface area contributed by atoms with Crippen molar-refractivity contribution in [2.45, 2.75) is 33.1 Å². The molecule has 0 spiro atoms. The smallest absolute Gasteiger partial charge is 0.266 e. The van der Waals surface area contributed by atoms with Gasteiger partial charge in [0.1, 0.15) is 5.82 Å². The van der Waals surface area contributed by atoms with Gasteiger partial charge in [0.25, 0.3) is 5.56 Å². The van der Waals surface area contributed by atoms with Crippen LogP contribution in [0.1, 0.15) is 43.3 Å². The van der Waals surface area contributed by atoms with E-state index in [0.29, 0.717) is 16.7 Å². The molecule has 156 valence electrons. The molecule has 0 saturated carbocycles. The minimum absolute atomic E-state index is 0.0740. The van der Waals surface area contributed by atoms with Crippen LogP contribution in [0.25, 0.3) is 28.7 Å². The molecule has 0 atom stereocenters. The van der Waals surface area contributed by atoms with Crippen LogP contribution in [0.3, 0.4) is 0 Å². The third-order valence-electron chi connectivity index (χ3n) is 5.40. The summed E-state index contributed by atoms with van der Waals surface area (Å²) in [6.07, 6.45) is 3.92. The predicted octanol–water partition coefficient (Wildman–Crippen LogP) is 6.92. The highest BCUT2D eigenvalue weighted by atomic mass is 79.9. The number of halogens is 1. The van der Waals surface area contributed by atoms with Gasteiger partial charge in [-0.2, -0.15) is 0 Å². The van der Waals surface area contributed by atoms with E-state index >= 15 is 0 Å². The Hall–Kier alpha value is -2.98. The molecule has 0 unspecified atom stereocenters. The average molecular weight is 473 g/mol. The fraction of sp³-hybridized carbons (Fsp3) is 0.185. The normalized spacial score (nSPS) is 12.0. The van der Waals surface area contributed by atoms with Gasteiger partial charge < -0.3 is 0 Å². The van der Waals surface area contributed by atoms with E-state index < -0.39 is 0 Å². The van der Waals surface area contributed by atoms with Gasteiger partial charge in [-0.3, -0.25) is 9.36 Å². The van der Waals surface area contributed by atoms with Crippen molar-refractivity contribution in [3.63, 3.8) is 0 Å². The third kappa shape index (κ3) is 4.40. The molecule has 0 bridgehead atoms. The molecule has 0 aliphatic heterocycles. The van der Waals surface area contributed by atoms with E-state index in [2.05, 4.69) is 61.0 Å². The molecule has 3 aromatic carbocycles. The summed E-state index contributed by atoms with van der Waals surface area (Å²) in [4.78, 5) is 18.2. The Balaban J connectivity index is 1.85. The monoisotopic (exact) mass is 472 g/mol. The van der Waals surface area contributed by atoms with Crippen LogP contribution in [0.4, 0.5) is 0 Å². The molecule has 0 aliphatic rings. The molecule has 0 radical (unpaired) electrons. The van der Waals surface area contributed by atoms with Crippen LogP contribution >= 0.6 is 15.9 Å². The van der Waals surface area contributed by atoms with Crippen LogP contribution in [0.5, 0.6) is 0 Å². The molecular formula is C27H25BrN2O. The lowest BCUT2D eigenvalue weighted by Crippen LogP contribution is -2.22. The Labute approximate surface area is 191 Å². The van der Waals surface area contributed by atoms with Crippen LogP contribution in [0.15, 0.2) is 76.0 Å². The summed E-state index contributed by atoms with van der Waals surface area (Å²) in [5.41, 5.74) is 4.94. The van der Waals surface area contributed by atoms with Crippen molar-refractivity contribution in [3.05, 3.63) is 104 Å². The summed E-state index contributed by atoms with van der Waals surface area (Å²) >= 11 is 3.54. The van der Waals surface area contributed by atoms with E-state index in [1.165, 1.54) is 5.56 Å². The van der Waals surface area contributed by atoms with Gasteiger partial charge in [0.15, 0.2) is 0 Å². The maximum atomic E-state index is 13.4. The summed E-state index contributed by atoms with van der Waals surface area (Å²) in [5, 5.41) is 0.606. The van der Waals surface area contributed by atoms with E-state index in [1.54, 1.807) is 4.57 Å². The number of rotatable bonds is 3. The quantitative estimate of drug-likeness (QED) is 0.324.